The maximum absolute atomic E-state index is 13.4. The van der Waals surface area contributed by atoms with E-state index in [0.29, 0.717) is 31.6 Å². The first kappa shape index (κ1) is 24.5. The van der Waals surface area contributed by atoms with Crippen molar-refractivity contribution in [1.82, 2.24) is 15.1 Å². The normalized spacial score (nSPS) is 22.2. The van der Waals surface area contributed by atoms with Crippen LogP contribution in [0.4, 0.5) is 0 Å². The highest BCUT2D eigenvalue weighted by molar-refractivity contribution is 5.98. The Balaban J connectivity index is 1.77. The molecule has 0 aromatic heterocycles. The van der Waals surface area contributed by atoms with Crippen molar-refractivity contribution in [2.24, 2.45) is 5.92 Å². The van der Waals surface area contributed by atoms with Crippen LogP contribution in [0.5, 0.6) is 0 Å². The lowest BCUT2D eigenvalue weighted by molar-refractivity contribution is -0.138. The molecule has 0 spiro atoms. The van der Waals surface area contributed by atoms with Gasteiger partial charge in [-0.15, -0.1) is 0 Å². The van der Waals surface area contributed by atoms with Crippen LogP contribution in [0.2, 0.25) is 0 Å². The van der Waals surface area contributed by atoms with Gasteiger partial charge in [0.15, 0.2) is 0 Å². The zero-order valence-corrected chi connectivity index (χ0v) is 20.3. The first-order valence-corrected chi connectivity index (χ1v) is 12.7. The maximum Gasteiger partial charge on any atom is 0.251 e. The molecule has 0 aromatic rings. The average molecular weight is 444 g/mol. The quantitative estimate of drug-likeness (QED) is 0.540. The number of carbonyl (C=O) groups is 3. The molecule has 1 N–H and O–H groups in total. The standard InChI is InChI=1S/C26H41N3O3/c1-4-28(5-2)26(32)23-17-21(18-24(30)27-22-13-9-10-14-22)25(31)29(19(23)3)16-15-20-11-7-6-8-12-20/h11,21-22H,4-10,12-18H2,1-3H3,(H,27,30). The van der Waals surface area contributed by atoms with Gasteiger partial charge in [0.05, 0.1) is 5.92 Å². The predicted octanol–water partition coefficient (Wildman–Crippen LogP) is 4.32. The second-order valence-electron chi connectivity index (χ2n) is 9.54. The Hall–Kier alpha value is -2.11. The van der Waals surface area contributed by atoms with E-state index in [0.717, 1.165) is 50.6 Å². The van der Waals surface area contributed by atoms with Gasteiger partial charge in [0, 0.05) is 43.4 Å². The molecule has 2 aliphatic carbocycles. The summed E-state index contributed by atoms with van der Waals surface area (Å²) in [5.74, 6) is -0.519. The van der Waals surface area contributed by atoms with Crippen LogP contribution in [0.25, 0.3) is 0 Å². The molecule has 0 aromatic carbocycles. The van der Waals surface area contributed by atoms with Crippen LogP contribution in [0, 0.1) is 5.92 Å². The molecule has 6 heteroatoms. The lowest BCUT2D eigenvalue weighted by Crippen LogP contribution is -2.45. The van der Waals surface area contributed by atoms with Gasteiger partial charge in [-0.25, -0.2) is 0 Å². The lowest BCUT2D eigenvalue weighted by Gasteiger charge is -2.36. The summed E-state index contributed by atoms with van der Waals surface area (Å²) in [6.07, 6.45) is 12.7. The van der Waals surface area contributed by atoms with Crippen molar-refractivity contribution >= 4 is 17.7 Å². The number of nitrogens with zero attached hydrogens (tertiary/aromatic N) is 2. The number of hydrogen-bond donors (Lipinski definition) is 1. The van der Waals surface area contributed by atoms with Crippen molar-refractivity contribution in [3.8, 4) is 0 Å². The summed E-state index contributed by atoms with van der Waals surface area (Å²) in [5, 5.41) is 3.12. The van der Waals surface area contributed by atoms with Crippen LogP contribution in [0.15, 0.2) is 22.9 Å². The van der Waals surface area contributed by atoms with Gasteiger partial charge in [-0.1, -0.05) is 24.5 Å². The van der Waals surface area contributed by atoms with Crippen LogP contribution < -0.4 is 5.32 Å². The van der Waals surface area contributed by atoms with Gasteiger partial charge in [0.25, 0.3) is 5.91 Å². The highest BCUT2D eigenvalue weighted by atomic mass is 16.2. The highest BCUT2D eigenvalue weighted by Gasteiger charge is 2.37. The number of allylic oxidation sites excluding steroid dienone is 2. The van der Waals surface area contributed by atoms with Gasteiger partial charge in [-0.3, -0.25) is 14.4 Å². The molecule has 1 fully saturated rings. The van der Waals surface area contributed by atoms with E-state index < -0.39 is 5.92 Å². The topological polar surface area (TPSA) is 69.7 Å². The number of hydrogen-bond acceptors (Lipinski definition) is 3. The van der Waals surface area contributed by atoms with Crippen molar-refractivity contribution in [1.29, 1.82) is 0 Å². The smallest absolute Gasteiger partial charge is 0.251 e. The van der Waals surface area contributed by atoms with Gasteiger partial charge < -0.3 is 15.1 Å². The number of amides is 3. The number of nitrogens with one attached hydrogen (secondary N) is 1. The zero-order valence-electron chi connectivity index (χ0n) is 20.3. The van der Waals surface area contributed by atoms with Gasteiger partial charge >= 0.3 is 0 Å². The fourth-order valence-corrected chi connectivity index (χ4v) is 5.38. The van der Waals surface area contributed by atoms with Crippen LogP contribution in [0.3, 0.4) is 0 Å². The minimum atomic E-state index is -0.463. The Morgan fingerprint density at radius 3 is 2.47 bits per heavy atom. The summed E-state index contributed by atoms with van der Waals surface area (Å²) in [5.41, 5.74) is 2.88. The summed E-state index contributed by atoms with van der Waals surface area (Å²) >= 11 is 0. The molecule has 3 amide bonds. The third-order valence-corrected chi connectivity index (χ3v) is 7.41. The molecule has 0 saturated heterocycles. The molecule has 32 heavy (non-hydrogen) atoms. The third-order valence-electron chi connectivity index (χ3n) is 7.41. The summed E-state index contributed by atoms with van der Waals surface area (Å²) < 4.78 is 0. The van der Waals surface area contributed by atoms with Crippen molar-refractivity contribution in [3.05, 3.63) is 22.9 Å². The molecule has 1 unspecified atom stereocenters. The molecule has 6 nitrogen and oxygen atoms in total. The Bertz CT molecular complexity index is 760. The molecule has 0 bridgehead atoms. The Kier molecular flexibility index (Phi) is 8.94. The average Bonchev–Trinajstić information content (AvgIpc) is 3.30. The summed E-state index contributed by atoms with van der Waals surface area (Å²) in [4.78, 5) is 43.0. The Morgan fingerprint density at radius 2 is 1.84 bits per heavy atom. The first-order valence-electron chi connectivity index (χ1n) is 12.7. The van der Waals surface area contributed by atoms with E-state index >= 15 is 0 Å². The first-order chi connectivity index (χ1) is 15.4. The number of carbonyl (C=O) groups excluding carboxylic acids is 3. The summed E-state index contributed by atoms with van der Waals surface area (Å²) in [6.45, 7) is 7.72. The van der Waals surface area contributed by atoms with Crippen LogP contribution in [-0.4, -0.2) is 53.2 Å². The molecule has 1 heterocycles. The van der Waals surface area contributed by atoms with Gasteiger partial charge in [-0.2, -0.15) is 0 Å². The van der Waals surface area contributed by atoms with E-state index in [1.165, 1.54) is 18.4 Å². The van der Waals surface area contributed by atoms with E-state index in [1.54, 1.807) is 4.90 Å². The molecule has 0 radical (unpaired) electrons. The molecule has 178 valence electrons. The SMILES string of the molecule is CCN(CC)C(=O)C1=C(C)N(CCC2=CCCCC2)C(=O)C(CC(=O)NC2CCCC2)C1. The summed E-state index contributed by atoms with van der Waals surface area (Å²) in [7, 11) is 0. The minimum absolute atomic E-state index is 0.00285. The van der Waals surface area contributed by atoms with Crippen LogP contribution in [-0.2, 0) is 14.4 Å². The van der Waals surface area contributed by atoms with Crippen molar-refractivity contribution in [2.45, 2.75) is 97.4 Å². The van der Waals surface area contributed by atoms with Gasteiger partial charge in [-0.05, 0) is 72.1 Å². The molecule has 1 atom stereocenters. The van der Waals surface area contributed by atoms with Crippen LogP contribution >= 0.6 is 0 Å². The zero-order chi connectivity index (χ0) is 23.1. The maximum atomic E-state index is 13.4. The van der Waals surface area contributed by atoms with Gasteiger partial charge in [0.1, 0.15) is 0 Å². The Labute approximate surface area is 193 Å². The minimum Gasteiger partial charge on any atom is -0.353 e. The second kappa shape index (κ2) is 11.7. The summed E-state index contributed by atoms with van der Waals surface area (Å²) in [6, 6.07) is 0.240. The molecular formula is C26H41N3O3. The second-order valence-corrected chi connectivity index (χ2v) is 9.54. The van der Waals surface area contributed by atoms with E-state index in [9.17, 15) is 14.4 Å². The Morgan fingerprint density at radius 1 is 1.12 bits per heavy atom. The predicted molar refractivity (Wildman–Crippen MR) is 127 cm³/mol. The van der Waals surface area contributed by atoms with Crippen molar-refractivity contribution in [2.75, 3.05) is 19.6 Å². The highest BCUT2D eigenvalue weighted by Crippen LogP contribution is 2.32. The van der Waals surface area contributed by atoms with E-state index in [1.807, 2.05) is 25.7 Å². The molecule has 1 aliphatic heterocycles. The molecule has 3 rings (SSSR count). The van der Waals surface area contributed by atoms with E-state index in [4.69, 9.17) is 0 Å². The lowest BCUT2D eigenvalue weighted by atomic mass is 9.87. The van der Waals surface area contributed by atoms with E-state index in [-0.39, 0.29) is 30.2 Å². The fourth-order valence-electron chi connectivity index (χ4n) is 5.38. The monoisotopic (exact) mass is 443 g/mol. The van der Waals surface area contributed by atoms with Crippen molar-refractivity contribution < 1.29 is 14.4 Å². The third kappa shape index (κ3) is 6.02. The van der Waals surface area contributed by atoms with Crippen LogP contribution in [0.1, 0.15) is 91.4 Å². The van der Waals surface area contributed by atoms with E-state index in [2.05, 4.69) is 11.4 Å². The molecular weight excluding hydrogens is 402 g/mol. The molecule has 1 saturated carbocycles. The molecule has 3 aliphatic rings. The largest absolute Gasteiger partial charge is 0.353 e. The van der Waals surface area contributed by atoms with Gasteiger partial charge in [0.2, 0.25) is 11.8 Å². The number of likely N-dealkylation sites (N-methyl/N-ethyl adjacent to an activating group) is 1. The fraction of sp³-hybridized carbons (Fsp3) is 0.731. The number of rotatable bonds is 9. The van der Waals surface area contributed by atoms with Crippen molar-refractivity contribution in [3.63, 3.8) is 0 Å².